The van der Waals surface area contributed by atoms with Crippen LogP contribution in [0.4, 0.5) is 10.1 Å². The van der Waals surface area contributed by atoms with Crippen molar-refractivity contribution in [3.63, 3.8) is 0 Å². The Hall–Kier alpha value is -2.20. The predicted octanol–water partition coefficient (Wildman–Crippen LogP) is 3.28. The molecule has 0 aromatic heterocycles. The monoisotopic (exact) mass is 286 g/mol. The van der Waals surface area contributed by atoms with Gasteiger partial charge in [0.05, 0.1) is 0 Å². The van der Waals surface area contributed by atoms with Crippen molar-refractivity contribution in [1.82, 2.24) is 0 Å². The summed E-state index contributed by atoms with van der Waals surface area (Å²) in [6, 6.07) is 11.8. The zero-order valence-corrected chi connectivity index (χ0v) is 12.0. The van der Waals surface area contributed by atoms with Gasteiger partial charge in [-0.15, -0.1) is 0 Å². The lowest BCUT2D eigenvalue weighted by Crippen LogP contribution is -2.14. The molecule has 0 atom stereocenters. The Morgan fingerprint density at radius 2 is 2.05 bits per heavy atom. The third-order valence-electron chi connectivity index (χ3n) is 3.30. The number of hydrogen-bond donors (Lipinski definition) is 2. The molecule has 2 aromatic carbocycles. The van der Waals surface area contributed by atoms with E-state index in [0.717, 1.165) is 24.0 Å². The summed E-state index contributed by atoms with van der Waals surface area (Å²) in [5, 5.41) is 2.81. The molecule has 0 unspecified atom stereocenters. The molecule has 0 radical (unpaired) electrons. The van der Waals surface area contributed by atoms with Crippen LogP contribution in [-0.2, 0) is 6.42 Å². The van der Waals surface area contributed by atoms with Crippen molar-refractivity contribution in [2.75, 3.05) is 11.9 Å². The van der Waals surface area contributed by atoms with Crippen LogP contribution < -0.4 is 11.1 Å². The molecule has 0 aliphatic carbocycles. The van der Waals surface area contributed by atoms with Crippen molar-refractivity contribution < 1.29 is 9.18 Å². The molecule has 4 heteroatoms. The molecule has 3 N–H and O–H groups in total. The van der Waals surface area contributed by atoms with Gasteiger partial charge in [-0.1, -0.05) is 18.2 Å². The number of amides is 1. The van der Waals surface area contributed by atoms with Gasteiger partial charge in [-0.05, 0) is 61.7 Å². The van der Waals surface area contributed by atoms with E-state index in [-0.39, 0.29) is 5.91 Å². The van der Waals surface area contributed by atoms with E-state index in [1.807, 2.05) is 24.3 Å². The summed E-state index contributed by atoms with van der Waals surface area (Å²) in [5.41, 5.74) is 8.42. The van der Waals surface area contributed by atoms with Gasteiger partial charge in [0, 0.05) is 11.3 Å². The number of nitrogens with one attached hydrogen (secondary N) is 1. The average Bonchev–Trinajstić information content (AvgIpc) is 2.48. The number of hydrogen-bond acceptors (Lipinski definition) is 2. The van der Waals surface area contributed by atoms with Gasteiger partial charge in [0.15, 0.2) is 0 Å². The molecule has 0 aliphatic rings. The first-order valence-corrected chi connectivity index (χ1v) is 6.96. The summed E-state index contributed by atoms with van der Waals surface area (Å²) in [7, 11) is 0. The minimum atomic E-state index is -0.414. The van der Waals surface area contributed by atoms with Crippen LogP contribution in [-0.4, -0.2) is 12.5 Å². The van der Waals surface area contributed by atoms with Gasteiger partial charge in [-0.2, -0.15) is 0 Å². The van der Waals surface area contributed by atoms with Crippen LogP contribution >= 0.6 is 0 Å². The molecule has 0 fully saturated rings. The van der Waals surface area contributed by atoms with Gasteiger partial charge in [0.1, 0.15) is 5.82 Å². The van der Waals surface area contributed by atoms with E-state index in [1.165, 1.54) is 12.1 Å². The SMILES string of the molecule is Cc1ccc(F)cc1C(=O)Nc1cccc(CCCN)c1. The van der Waals surface area contributed by atoms with Crippen molar-refractivity contribution >= 4 is 11.6 Å². The van der Waals surface area contributed by atoms with Crippen molar-refractivity contribution in [3.8, 4) is 0 Å². The molecule has 21 heavy (non-hydrogen) atoms. The molecule has 0 heterocycles. The Morgan fingerprint density at radius 1 is 1.24 bits per heavy atom. The van der Waals surface area contributed by atoms with Gasteiger partial charge >= 0.3 is 0 Å². The van der Waals surface area contributed by atoms with Gasteiger partial charge in [0.25, 0.3) is 5.91 Å². The maximum atomic E-state index is 13.3. The first-order chi connectivity index (χ1) is 10.1. The molecule has 0 spiro atoms. The van der Waals surface area contributed by atoms with Crippen molar-refractivity contribution in [3.05, 3.63) is 65.0 Å². The number of anilines is 1. The highest BCUT2D eigenvalue weighted by Crippen LogP contribution is 2.16. The molecular weight excluding hydrogens is 267 g/mol. The largest absolute Gasteiger partial charge is 0.330 e. The Kier molecular flexibility index (Phi) is 5.06. The molecule has 0 saturated carbocycles. The van der Waals surface area contributed by atoms with Crippen molar-refractivity contribution in [2.24, 2.45) is 5.73 Å². The van der Waals surface area contributed by atoms with Gasteiger partial charge in [-0.25, -0.2) is 4.39 Å². The molecule has 0 aliphatic heterocycles. The zero-order chi connectivity index (χ0) is 15.2. The van der Waals surface area contributed by atoms with Crippen LogP contribution in [0.2, 0.25) is 0 Å². The van der Waals surface area contributed by atoms with E-state index < -0.39 is 5.82 Å². The Balaban J connectivity index is 2.14. The summed E-state index contributed by atoms with van der Waals surface area (Å²) in [5.74, 6) is -0.717. The second kappa shape index (κ2) is 6.99. The van der Waals surface area contributed by atoms with Gasteiger partial charge < -0.3 is 11.1 Å². The van der Waals surface area contributed by atoms with E-state index in [1.54, 1.807) is 13.0 Å². The number of benzene rings is 2. The molecule has 0 bridgehead atoms. The van der Waals surface area contributed by atoms with Crippen LogP contribution in [0.1, 0.15) is 27.9 Å². The van der Waals surface area contributed by atoms with E-state index in [2.05, 4.69) is 5.32 Å². The van der Waals surface area contributed by atoms with Crippen molar-refractivity contribution in [2.45, 2.75) is 19.8 Å². The first-order valence-electron chi connectivity index (χ1n) is 6.96. The number of rotatable bonds is 5. The molecule has 2 aromatic rings. The lowest BCUT2D eigenvalue weighted by Gasteiger charge is -2.09. The van der Waals surface area contributed by atoms with E-state index in [4.69, 9.17) is 5.73 Å². The number of carbonyl (C=O) groups excluding carboxylic acids is 1. The Morgan fingerprint density at radius 3 is 2.81 bits per heavy atom. The van der Waals surface area contributed by atoms with E-state index in [9.17, 15) is 9.18 Å². The Bertz CT molecular complexity index is 640. The van der Waals surface area contributed by atoms with Gasteiger partial charge in [0.2, 0.25) is 0 Å². The highest BCUT2D eigenvalue weighted by molar-refractivity contribution is 6.05. The summed E-state index contributed by atoms with van der Waals surface area (Å²) in [6.07, 6.45) is 1.78. The zero-order valence-electron chi connectivity index (χ0n) is 12.0. The predicted molar refractivity (Wildman–Crippen MR) is 82.9 cm³/mol. The third kappa shape index (κ3) is 4.13. The molecule has 2 rings (SSSR count). The number of carbonyl (C=O) groups is 1. The van der Waals surface area contributed by atoms with E-state index >= 15 is 0 Å². The summed E-state index contributed by atoms with van der Waals surface area (Å²) in [4.78, 5) is 12.2. The molecule has 0 saturated heterocycles. The quantitative estimate of drug-likeness (QED) is 0.886. The first kappa shape index (κ1) is 15.2. The third-order valence-corrected chi connectivity index (χ3v) is 3.30. The fourth-order valence-corrected chi connectivity index (χ4v) is 2.15. The number of nitrogens with two attached hydrogens (primary N) is 1. The standard InChI is InChI=1S/C17H19FN2O/c1-12-7-8-14(18)11-16(12)17(21)20-15-6-2-4-13(10-15)5-3-9-19/h2,4,6-8,10-11H,3,5,9,19H2,1H3,(H,20,21). The highest BCUT2D eigenvalue weighted by atomic mass is 19.1. The van der Waals surface area contributed by atoms with E-state index in [0.29, 0.717) is 17.8 Å². The maximum Gasteiger partial charge on any atom is 0.256 e. The Labute approximate surface area is 124 Å². The van der Waals surface area contributed by atoms with Crippen LogP contribution in [0.25, 0.3) is 0 Å². The smallest absolute Gasteiger partial charge is 0.256 e. The average molecular weight is 286 g/mol. The fourth-order valence-electron chi connectivity index (χ4n) is 2.15. The maximum absolute atomic E-state index is 13.3. The second-order valence-electron chi connectivity index (χ2n) is 5.01. The lowest BCUT2D eigenvalue weighted by molar-refractivity contribution is 0.102. The summed E-state index contributed by atoms with van der Waals surface area (Å²) < 4.78 is 13.3. The highest BCUT2D eigenvalue weighted by Gasteiger charge is 2.10. The van der Waals surface area contributed by atoms with Crippen LogP contribution in [0.5, 0.6) is 0 Å². The minimum absolute atomic E-state index is 0.303. The van der Waals surface area contributed by atoms with Crippen LogP contribution in [0.15, 0.2) is 42.5 Å². The molecular formula is C17H19FN2O. The van der Waals surface area contributed by atoms with Crippen LogP contribution in [0, 0.1) is 12.7 Å². The summed E-state index contributed by atoms with van der Waals surface area (Å²) in [6.45, 7) is 2.42. The minimum Gasteiger partial charge on any atom is -0.330 e. The van der Waals surface area contributed by atoms with Gasteiger partial charge in [-0.3, -0.25) is 4.79 Å². The van der Waals surface area contributed by atoms with Crippen LogP contribution in [0.3, 0.4) is 0 Å². The number of halogens is 1. The summed E-state index contributed by atoms with van der Waals surface area (Å²) >= 11 is 0. The lowest BCUT2D eigenvalue weighted by atomic mass is 10.1. The second-order valence-corrected chi connectivity index (χ2v) is 5.01. The molecule has 110 valence electrons. The number of aryl methyl sites for hydroxylation is 2. The normalized spacial score (nSPS) is 10.4. The molecule has 1 amide bonds. The fraction of sp³-hybridized carbons (Fsp3) is 0.235. The molecule has 3 nitrogen and oxygen atoms in total. The topological polar surface area (TPSA) is 55.1 Å². The van der Waals surface area contributed by atoms with Crippen molar-refractivity contribution in [1.29, 1.82) is 0 Å².